The van der Waals surface area contributed by atoms with Gasteiger partial charge in [-0.15, -0.1) is 11.6 Å². The maximum atomic E-state index is 10.9. The zero-order chi connectivity index (χ0) is 9.56. The number of aliphatic hydroxyl groups excluding tert-OH is 1. The Morgan fingerprint density at radius 1 is 1.75 bits per heavy atom. The summed E-state index contributed by atoms with van der Waals surface area (Å²) in [5, 5.41) is 8.78. The van der Waals surface area contributed by atoms with Crippen molar-refractivity contribution >= 4 is 17.6 Å². The Hall–Kier alpha value is -0.540. The van der Waals surface area contributed by atoms with Gasteiger partial charge in [-0.3, -0.25) is 0 Å². The predicted molar refractivity (Wildman–Crippen MR) is 47.1 cm³/mol. The van der Waals surface area contributed by atoms with Crippen LogP contribution in [0.4, 0.5) is 0 Å². The van der Waals surface area contributed by atoms with E-state index < -0.39 is 12.1 Å². The molecule has 0 saturated heterocycles. The molecule has 0 aliphatic carbocycles. The van der Waals surface area contributed by atoms with E-state index in [2.05, 4.69) is 11.3 Å². The lowest BCUT2D eigenvalue weighted by atomic mass is 10.2. The Morgan fingerprint density at radius 2 is 2.33 bits per heavy atom. The number of hydrogen-bond donors (Lipinski definition) is 1. The highest BCUT2D eigenvalue weighted by atomic mass is 35.5. The van der Waals surface area contributed by atoms with Gasteiger partial charge in [0.2, 0.25) is 0 Å². The van der Waals surface area contributed by atoms with E-state index >= 15 is 0 Å². The molecule has 0 fully saturated rings. The van der Waals surface area contributed by atoms with E-state index in [1.807, 2.05) is 0 Å². The smallest absolute Gasteiger partial charge is 0.333 e. The third-order valence-corrected chi connectivity index (χ3v) is 1.33. The molecule has 0 aliphatic rings. The monoisotopic (exact) mass is 192 g/mol. The summed E-state index contributed by atoms with van der Waals surface area (Å²) in [6.45, 7) is 5.02. The topological polar surface area (TPSA) is 46.5 Å². The fourth-order valence-electron chi connectivity index (χ4n) is 0.514. The Labute approximate surface area is 77.0 Å². The van der Waals surface area contributed by atoms with Crippen LogP contribution in [-0.4, -0.2) is 29.7 Å². The molecule has 0 saturated carbocycles. The molecule has 0 aliphatic heterocycles. The van der Waals surface area contributed by atoms with Gasteiger partial charge in [-0.2, -0.15) is 0 Å². The van der Waals surface area contributed by atoms with Gasteiger partial charge in [0, 0.05) is 11.5 Å². The summed E-state index contributed by atoms with van der Waals surface area (Å²) in [5.41, 5.74) is 0.339. The van der Waals surface area contributed by atoms with E-state index in [1.54, 1.807) is 0 Å². The third kappa shape index (κ3) is 5.16. The van der Waals surface area contributed by atoms with Crippen LogP contribution in [0.2, 0.25) is 0 Å². The van der Waals surface area contributed by atoms with Gasteiger partial charge < -0.3 is 9.84 Å². The number of aliphatic hydroxyl groups is 1. The van der Waals surface area contributed by atoms with Crippen molar-refractivity contribution in [1.29, 1.82) is 0 Å². The summed E-state index contributed by atoms with van der Waals surface area (Å²) in [4.78, 5) is 10.9. The zero-order valence-corrected chi connectivity index (χ0v) is 7.80. The molecule has 0 aromatic carbocycles. The van der Waals surface area contributed by atoms with Crippen molar-refractivity contribution in [3.8, 4) is 0 Å². The van der Waals surface area contributed by atoms with Crippen molar-refractivity contribution in [2.24, 2.45) is 0 Å². The van der Waals surface area contributed by atoms with E-state index in [0.29, 0.717) is 17.9 Å². The second kappa shape index (κ2) is 6.03. The first kappa shape index (κ1) is 11.5. The largest absolute Gasteiger partial charge is 0.460 e. The molecule has 1 N–H and O–H groups in total. The SMILES string of the molecule is C=C(CCCl)C(=O)OCC(C)O. The molecule has 0 amide bonds. The minimum absolute atomic E-state index is 0.000138. The number of halogens is 1. The molecule has 0 rings (SSSR count). The van der Waals surface area contributed by atoms with Gasteiger partial charge in [-0.1, -0.05) is 6.58 Å². The minimum Gasteiger partial charge on any atom is -0.460 e. The lowest BCUT2D eigenvalue weighted by Crippen LogP contribution is -2.16. The predicted octanol–water partition coefficient (Wildman–Crippen LogP) is 1.10. The summed E-state index contributed by atoms with van der Waals surface area (Å²) in [5.74, 6) is -0.139. The summed E-state index contributed by atoms with van der Waals surface area (Å²) >= 11 is 5.39. The van der Waals surface area contributed by atoms with Gasteiger partial charge in [-0.05, 0) is 13.3 Å². The standard InChI is InChI=1S/C8H13ClO3/c1-6(3-4-9)8(11)12-5-7(2)10/h7,10H,1,3-5H2,2H3. The number of ether oxygens (including phenoxy) is 1. The average Bonchev–Trinajstić information content (AvgIpc) is 2.00. The van der Waals surface area contributed by atoms with E-state index in [1.165, 1.54) is 6.92 Å². The molecule has 12 heavy (non-hydrogen) atoms. The second-order valence-corrected chi connectivity index (χ2v) is 2.87. The molecule has 1 unspecified atom stereocenters. The lowest BCUT2D eigenvalue weighted by molar-refractivity contribution is -0.141. The Morgan fingerprint density at radius 3 is 2.75 bits per heavy atom. The zero-order valence-electron chi connectivity index (χ0n) is 7.05. The highest BCUT2D eigenvalue weighted by molar-refractivity contribution is 6.18. The van der Waals surface area contributed by atoms with Crippen molar-refractivity contribution in [2.45, 2.75) is 19.4 Å². The van der Waals surface area contributed by atoms with Crippen molar-refractivity contribution < 1.29 is 14.6 Å². The van der Waals surface area contributed by atoms with E-state index in [4.69, 9.17) is 16.7 Å². The third-order valence-electron chi connectivity index (χ3n) is 1.14. The molecule has 0 spiro atoms. The van der Waals surface area contributed by atoms with Gasteiger partial charge in [0.1, 0.15) is 6.61 Å². The summed E-state index contributed by atoms with van der Waals surface area (Å²) in [7, 11) is 0. The van der Waals surface area contributed by atoms with Gasteiger partial charge in [0.05, 0.1) is 6.10 Å². The van der Waals surface area contributed by atoms with Crippen LogP contribution in [0.15, 0.2) is 12.2 Å². The van der Waals surface area contributed by atoms with Crippen molar-refractivity contribution in [2.75, 3.05) is 12.5 Å². The summed E-state index contributed by atoms with van der Waals surface area (Å²) in [6.07, 6.45) is -0.224. The van der Waals surface area contributed by atoms with Crippen molar-refractivity contribution in [3.63, 3.8) is 0 Å². The first-order valence-corrected chi connectivity index (χ1v) is 4.20. The Kier molecular flexibility index (Phi) is 5.76. The van der Waals surface area contributed by atoms with Gasteiger partial charge in [0.15, 0.2) is 0 Å². The van der Waals surface area contributed by atoms with Gasteiger partial charge in [0.25, 0.3) is 0 Å². The Bertz CT molecular complexity index is 166. The van der Waals surface area contributed by atoms with Crippen LogP contribution in [0.25, 0.3) is 0 Å². The van der Waals surface area contributed by atoms with Crippen LogP contribution in [0.1, 0.15) is 13.3 Å². The molecule has 0 radical (unpaired) electrons. The molecular formula is C8H13ClO3. The van der Waals surface area contributed by atoms with Crippen LogP contribution < -0.4 is 0 Å². The number of esters is 1. The Balaban J connectivity index is 3.65. The number of hydrogen-bond acceptors (Lipinski definition) is 3. The molecule has 70 valence electrons. The average molecular weight is 193 g/mol. The second-order valence-electron chi connectivity index (χ2n) is 2.49. The summed E-state index contributed by atoms with van der Waals surface area (Å²) in [6, 6.07) is 0. The van der Waals surface area contributed by atoms with E-state index in [0.717, 1.165) is 0 Å². The molecule has 4 heteroatoms. The first-order valence-electron chi connectivity index (χ1n) is 3.67. The van der Waals surface area contributed by atoms with Crippen LogP contribution in [0.3, 0.4) is 0 Å². The van der Waals surface area contributed by atoms with Crippen molar-refractivity contribution in [1.82, 2.24) is 0 Å². The molecular weight excluding hydrogens is 180 g/mol. The quantitative estimate of drug-likeness (QED) is 0.403. The maximum Gasteiger partial charge on any atom is 0.333 e. The van der Waals surface area contributed by atoms with Gasteiger partial charge in [-0.25, -0.2) is 4.79 Å². The number of rotatable bonds is 5. The molecule has 0 aromatic heterocycles. The maximum absolute atomic E-state index is 10.9. The highest BCUT2D eigenvalue weighted by Gasteiger charge is 2.08. The fraction of sp³-hybridized carbons (Fsp3) is 0.625. The number of carbonyl (C=O) groups is 1. The molecule has 0 heterocycles. The van der Waals surface area contributed by atoms with Crippen molar-refractivity contribution in [3.05, 3.63) is 12.2 Å². The fourth-order valence-corrected chi connectivity index (χ4v) is 0.743. The molecule has 0 aromatic rings. The van der Waals surface area contributed by atoms with Crippen LogP contribution in [-0.2, 0) is 9.53 Å². The van der Waals surface area contributed by atoms with Gasteiger partial charge >= 0.3 is 5.97 Å². The lowest BCUT2D eigenvalue weighted by Gasteiger charge is -2.06. The van der Waals surface area contributed by atoms with E-state index in [-0.39, 0.29) is 6.61 Å². The summed E-state index contributed by atoms with van der Waals surface area (Å²) < 4.78 is 4.67. The molecule has 3 nitrogen and oxygen atoms in total. The number of alkyl halides is 1. The normalized spacial score (nSPS) is 12.2. The highest BCUT2D eigenvalue weighted by Crippen LogP contribution is 2.02. The van der Waals surface area contributed by atoms with Crippen LogP contribution in [0, 0.1) is 0 Å². The van der Waals surface area contributed by atoms with Crippen LogP contribution >= 0.6 is 11.6 Å². The number of carbonyl (C=O) groups excluding carboxylic acids is 1. The van der Waals surface area contributed by atoms with E-state index in [9.17, 15) is 4.79 Å². The molecule has 1 atom stereocenters. The minimum atomic E-state index is -0.641. The first-order chi connectivity index (χ1) is 5.57. The van der Waals surface area contributed by atoms with Crippen LogP contribution in [0.5, 0.6) is 0 Å². The molecule has 0 bridgehead atoms.